The Morgan fingerprint density at radius 1 is 1.50 bits per heavy atom. The highest BCUT2D eigenvalue weighted by Crippen LogP contribution is 2.19. The number of likely N-dealkylation sites (N-methyl/N-ethyl adjacent to an activating group) is 1. The topological polar surface area (TPSA) is 47.5 Å². The van der Waals surface area contributed by atoms with Gasteiger partial charge in [0.05, 0.1) is 0 Å². The number of hydrogen-bond donors (Lipinski definition) is 3. The Morgan fingerprint density at radius 3 is 3.00 bits per heavy atom. The predicted molar refractivity (Wildman–Crippen MR) is 76.9 cm³/mol. The minimum absolute atomic E-state index is 0.362. The molecule has 0 bridgehead atoms. The predicted octanol–water partition coefficient (Wildman–Crippen LogP) is 1.39. The molecular weight excluding hydrogens is 246 g/mol. The molecule has 1 aliphatic rings. The monoisotopic (exact) mass is 267 g/mol. The van der Waals surface area contributed by atoms with E-state index in [0.29, 0.717) is 6.04 Å². The summed E-state index contributed by atoms with van der Waals surface area (Å²) in [5.74, 6) is 0. The van der Waals surface area contributed by atoms with E-state index in [2.05, 4.69) is 28.6 Å². The summed E-state index contributed by atoms with van der Waals surface area (Å²) >= 11 is 1.69. The van der Waals surface area contributed by atoms with Gasteiger partial charge in [-0.1, -0.05) is 6.07 Å². The summed E-state index contributed by atoms with van der Waals surface area (Å²) in [5, 5.41) is 16.2. The molecule has 18 heavy (non-hydrogen) atoms. The van der Waals surface area contributed by atoms with Crippen LogP contribution in [0.2, 0.25) is 0 Å². The summed E-state index contributed by atoms with van der Waals surface area (Å²) in [5.41, 5.74) is 0.938. The molecule has 0 aliphatic carbocycles. The normalized spacial score (nSPS) is 22.1. The molecule has 2 rings (SSSR count). The second kappa shape index (κ2) is 6.43. The van der Waals surface area contributed by atoms with Gasteiger partial charge in [0.25, 0.3) is 0 Å². The maximum atomic E-state index is 9.97. The number of hydrogen-bond acceptors (Lipinski definition) is 5. The van der Waals surface area contributed by atoms with Crippen molar-refractivity contribution < 1.29 is 5.11 Å². The van der Waals surface area contributed by atoms with Crippen molar-refractivity contribution in [3.8, 4) is 0 Å². The van der Waals surface area contributed by atoms with Crippen LogP contribution in [0.5, 0.6) is 0 Å². The zero-order valence-corrected chi connectivity index (χ0v) is 11.7. The third-order valence-electron chi connectivity index (χ3n) is 3.16. The standard InChI is InChI=1S/C13H21N3OS/c1-16-7-6-11(9-16)15-13(17)14-10-4-3-5-12(8-10)18-2/h3-5,8,11,13-15,17H,6-7,9H2,1-2H3/t11-,13?/m1/s1. The molecule has 3 N–H and O–H groups in total. The number of aliphatic hydroxyl groups is 1. The van der Waals surface area contributed by atoms with Gasteiger partial charge in [0.2, 0.25) is 0 Å². The van der Waals surface area contributed by atoms with Crippen molar-refractivity contribution >= 4 is 17.4 Å². The van der Waals surface area contributed by atoms with E-state index in [1.807, 2.05) is 24.5 Å². The molecule has 0 spiro atoms. The molecule has 1 saturated heterocycles. The first-order valence-electron chi connectivity index (χ1n) is 6.20. The van der Waals surface area contributed by atoms with Gasteiger partial charge in [0.15, 0.2) is 6.35 Å². The van der Waals surface area contributed by atoms with Gasteiger partial charge in [-0.05, 0) is 44.5 Å². The number of rotatable bonds is 5. The summed E-state index contributed by atoms with van der Waals surface area (Å²) in [4.78, 5) is 3.45. The van der Waals surface area contributed by atoms with E-state index in [1.165, 1.54) is 4.90 Å². The van der Waals surface area contributed by atoms with Crippen molar-refractivity contribution in [2.24, 2.45) is 0 Å². The molecule has 1 aliphatic heterocycles. The SMILES string of the molecule is CSc1cccc(NC(O)N[C@@H]2CCN(C)C2)c1. The smallest absolute Gasteiger partial charge is 0.181 e. The maximum absolute atomic E-state index is 9.97. The first kappa shape index (κ1) is 13.7. The van der Waals surface area contributed by atoms with Crippen molar-refractivity contribution in [3.05, 3.63) is 24.3 Å². The van der Waals surface area contributed by atoms with Gasteiger partial charge in [-0.15, -0.1) is 11.8 Å². The lowest BCUT2D eigenvalue weighted by Gasteiger charge is -2.20. The molecule has 0 amide bonds. The highest BCUT2D eigenvalue weighted by Gasteiger charge is 2.21. The summed E-state index contributed by atoms with van der Waals surface area (Å²) in [7, 11) is 2.10. The third kappa shape index (κ3) is 3.88. The highest BCUT2D eigenvalue weighted by atomic mass is 32.2. The first-order chi connectivity index (χ1) is 8.67. The summed E-state index contributed by atoms with van der Waals surface area (Å²) in [6, 6.07) is 8.41. The van der Waals surface area contributed by atoms with Gasteiger partial charge < -0.3 is 15.3 Å². The zero-order chi connectivity index (χ0) is 13.0. The van der Waals surface area contributed by atoms with E-state index in [-0.39, 0.29) is 0 Å². The van der Waals surface area contributed by atoms with Crippen molar-refractivity contribution in [1.82, 2.24) is 10.2 Å². The Balaban J connectivity index is 1.84. The van der Waals surface area contributed by atoms with Gasteiger partial charge in [-0.25, -0.2) is 0 Å². The Bertz CT molecular complexity index is 388. The second-order valence-electron chi connectivity index (χ2n) is 4.69. The van der Waals surface area contributed by atoms with Gasteiger partial charge in [-0.2, -0.15) is 0 Å². The molecule has 5 heteroatoms. The third-order valence-corrected chi connectivity index (χ3v) is 3.88. The molecule has 0 saturated carbocycles. The highest BCUT2D eigenvalue weighted by molar-refractivity contribution is 7.98. The van der Waals surface area contributed by atoms with Gasteiger partial charge >= 0.3 is 0 Å². The lowest BCUT2D eigenvalue weighted by atomic mass is 10.2. The van der Waals surface area contributed by atoms with E-state index in [9.17, 15) is 5.11 Å². The van der Waals surface area contributed by atoms with E-state index in [1.54, 1.807) is 11.8 Å². The Kier molecular flexibility index (Phi) is 4.88. The van der Waals surface area contributed by atoms with E-state index >= 15 is 0 Å². The molecule has 1 aromatic carbocycles. The van der Waals surface area contributed by atoms with E-state index in [4.69, 9.17) is 0 Å². The van der Waals surface area contributed by atoms with Gasteiger partial charge in [0, 0.05) is 23.2 Å². The molecule has 1 heterocycles. The lowest BCUT2D eigenvalue weighted by molar-refractivity contribution is 0.149. The van der Waals surface area contributed by atoms with Crippen LogP contribution in [0.25, 0.3) is 0 Å². The molecule has 4 nitrogen and oxygen atoms in total. The quantitative estimate of drug-likeness (QED) is 0.556. The van der Waals surface area contributed by atoms with Crippen molar-refractivity contribution in [3.63, 3.8) is 0 Å². The van der Waals surface area contributed by atoms with Gasteiger partial charge in [0.1, 0.15) is 0 Å². The van der Waals surface area contributed by atoms with Crippen LogP contribution in [-0.4, -0.2) is 48.8 Å². The first-order valence-corrected chi connectivity index (χ1v) is 7.43. The second-order valence-corrected chi connectivity index (χ2v) is 5.57. The fourth-order valence-electron chi connectivity index (χ4n) is 2.21. The molecule has 0 aromatic heterocycles. The molecular formula is C13H21N3OS. The minimum atomic E-state index is -0.696. The number of anilines is 1. The van der Waals surface area contributed by atoms with Crippen LogP contribution < -0.4 is 10.6 Å². The summed E-state index contributed by atoms with van der Waals surface area (Å²) < 4.78 is 0. The molecule has 2 atom stereocenters. The number of likely N-dealkylation sites (tertiary alicyclic amines) is 1. The van der Waals surface area contributed by atoms with Crippen LogP contribution >= 0.6 is 11.8 Å². The summed E-state index contributed by atoms with van der Waals surface area (Å²) in [6.07, 6.45) is 2.43. The molecule has 1 fully saturated rings. The maximum Gasteiger partial charge on any atom is 0.181 e. The van der Waals surface area contributed by atoms with Crippen LogP contribution in [0.4, 0.5) is 5.69 Å². The number of aliphatic hydroxyl groups excluding tert-OH is 1. The van der Waals surface area contributed by atoms with Crippen molar-refractivity contribution in [1.29, 1.82) is 0 Å². The molecule has 1 aromatic rings. The number of nitrogens with one attached hydrogen (secondary N) is 2. The van der Waals surface area contributed by atoms with Crippen LogP contribution in [0.15, 0.2) is 29.2 Å². The molecule has 0 radical (unpaired) electrons. The van der Waals surface area contributed by atoms with Crippen molar-refractivity contribution in [2.45, 2.75) is 23.7 Å². The fraction of sp³-hybridized carbons (Fsp3) is 0.538. The average Bonchev–Trinajstić information content (AvgIpc) is 2.74. The number of benzene rings is 1. The fourth-order valence-corrected chi connectivity index (χ4v) is 2.67. The summed E-state index contributed by atoms with van der Waals surface area (Å²) in [6.45, 7) is 2.08. The lowest BCUT2D eigenvalue weighted by Crippen LogP contribution is -2.44. The van der Waals surface area contributed by atoms with Crippen LogP contribution in [0.1, 0.15) is 6.42 Å². The van der Waals surface area contributed by atoms with Crippen LogP contribution in [0.3, 0.4) is 0 Å². The largest absolute Gasteiger partial charge is 0.361 e. The molecule has 100 valence electrons. The molecule has 1 unspecified atom stereocenters. The van der Waals surface area contributed by atoms with E-state index < -0.39 is 6.35 Å². The Labute approximate surface area is 113 Å². The number of nitrogens with zero attached hydrogens (tertiary/aromatic N) is 1. The van der Waals surface area contributed by atoms with Gasteiger partial charge in [-0.3, -0.25) is 5.32 Å². The average molecular weight is 267 g/mol. The minimum Gasteiger partial charge on any atom is -0.361 e. The number of thioether (sulfide) groups is 1. The van der Waals surface area contributed by atoms with Crippen LogP contribution in [-0.2, 0) is 0 Å². The van der Waals surface area contributed by atoms with Crippen LogP contribution in [0, 0.1) is 0 Å². The Morgan fingerprint density at radius 2 is 2.33 bits per heavy atom. The van der Waals surface area contributed by atoms with E-state index in [0.717, 1.165) is 25.2 Å². The van der Waals surface area contributed by atoms with Crippen molar-refractivity contribution in [2.75, 3.05) is 31.7 Å². The zero-order valence-electron chi connectivity index (χ0n) is 10.9. The Hall–Kier alpha value is -0.750.